The van der Waals surface area contributed by atoms with Gasteiger partial charge in [-0.1, -0.05) is 199 Å². The second-order valence-electron chi connectivity index (χ2n) is 16.7. The maximum absolute atomic E-state index is 16.3. The van der Waals surface area contributed by atoms with E-state index in [1.54, 1.807) is 0 Å². The number of hydrogen-bond acceptors (Lipinski definition) is 5. The molecule has 0 aromatic heterocycles. The zero-order valence-corrected chi connectivity index (χ0v) is 37.4. The fourth-order valence-electron chi connectivity index (χ4n) is 9.78. The molecule has 0 saturated carbocycles. The maximum Gasteiger partial charge on any atom is 0.569 e. The largest absolute Gasteiger partial charge is 0.569 e. The average Bonchev–Trinajstić information content (AvgIpc) is 3.60. The van der Waals surface area contributed by atoms with Crippen molar-refractivity contribution >= 4 is 58.6 Å². The fourth-order valence-corrected chi connectivity index (χ4v) is 13.3. The Labute approximate surface area is 386 Å². The third-order valence-electron chi connectivity index (χ3n) is 12.7. The van der Waals surface area contributed by atoms with E-state index < -0.39 is 15.5 Å². The van der Waals surface area contributed by atoms with Gasteiger partial charge in [-0.2, -0.15) is 0 Å². The predicted octanol–water partition coefficient (Wildman–Crippen LogP) is 16.9. The lowest BCUT2D eigenvalue weighted by Crippen LogP contribution is -2.04. The van der Waals surface area contributed by atoms with Crippen molar-refractivity contribution in [1.82, 2.24) is 0 Å². The fraction of sp³-hybridized carbons (Fsp3) is 0. The van der Waals surface area contributed by atoms with Gasteiger partial charge in [0.15, 0.2) is 0 Å². The molecule has 2 heterocycles. The van der Waals surface area contributed by atoms with Gasteiger partial charge in [-0.05, 0) is 79.2 Å². The van der Waals surface area contributed by atoms with Crippen LogP contribution in [0.15, 0.2) is 223 Å². The Hall–Kier alpha value is -7.92. The van der Waals surface area contributed by atoms with Crippen molar-refractivity contribution in [3.63, 3.8) is 0 Å². The molecule has 0 radical (unpaired) electrons. The third kappa shape index (κ3) is 6.54. The molecule has 0 amide bonds. The van der Waals surface area contributed by atoms with E-state index in [0.717, 1.165) is 54.9 Å². The van der Waals surface area contributed by atoms with Crippen molar-refractivity contribution in [3.05, 3.63) is 218 Å². The molecule has 1 atom stereocenters. The summed E-state index contributed by atoms with van der Waals surface area (Å²) in [5.74, 6) is 1.25. The highest BCUT2D eigenvalue weighted by Gasteiger charge is 2.45. The summed E-state index contributed by atoms with van der Waals surface area (Å²) in [4.78, 5) is 13.5. The highest BCUT2D eigenvalue weighted by molar-refractivity contribution is 7.64. The summed E-state index contributed by atoms with van der Waals surface area (Å²) in [5.41, 5.74) is 8.05. The summed E-state index contributed by atoms with van der Waals surface area (Å²) in [6.45, 7) is 0. The van der Waals surface area contributed by atoms with Crippen LogP contribution in [0.25, 0.3) is 98.7 Å². The predicted molar refractivity (Wildman–Crippen MR) is 272 cm³/mol. The zero-order valence-electron chi connectivity index (χ0n) is 35.6. The van der Waals surface area contributed by atoms with E-state index in [1.165, 1.54) is 0 Å². The normalized spacial score (nSPS) is 15.7. The van der Waals surface area contributed by atoms with Crippen LogP contribution in [0.2, 0.25) is 0 Å². The average molecular weight is 906 g/mol. The topological polar surface area (TPSA) is 86.6 Å². The molecule has 320 valence electrons. The van der Waals surface area contributed by atoms with Crippen LogP contribution in [0.4, 0.5) is 0 Å². The second kappa shape index (κ2) is 15.3. The Morgan fingerprint density at radius 3 is 1.12 bits per heavy atom. The molecule has 7 nitrogen and oxygen atoms in total. The summed E-state index contributed by atoms with van der Waals surface area (Å²) in [5, 5.41) is 6.23. The highest BCUT2D eigenvalue weighted by atomic mass is 31.2. The van der Waals surface area contributed by atoms with Crippen LogP contribution in [0.5, 0.6) is 23.0 Å². The number of rotatable bonds is 4. The van der Waals surface area contributed by atoms with E-state index >= 15 is 4.57 Å². The van der Waals surface area contributed by atoms with E-state index in [2.05, 4.69) is 42.5 Å². The summed E-state index contributed by atoms with van der Waals surface area (Å²) < 4.78 is 48.9. The Balaban J connectivity index is 1.15. The van der Waals surface area contributed by atoms with Gasteiger partial charge in [-0.3, -0.25) is 4.89 Å². The molecule has 0 spiro atoms. The van der Waals surface area contributed by atoms with Gasteiger partial charge >= 0.3 is 15.5 Å². The standard InChI is InChI=1S/C58H37NO6P2/c60-66(62-55-44-28-14-10-24-40(44)32-33-48(55)52-49(37-18-4-1-5-19-37)34-41-25-11-15-29-45(41)56(52)63-66)59-67(61)64-57-46-30-16-12-26-42(46)35-50(38-20-6-2-7-21-38)53(57)54-51(39-22-8-3-9-23-39)36-43-27-13-17-31-47(43)58(54)65-67/h1-36,61H. The van der Waals surface area contributed by atoms with Crippen LogP contribution in [0.1, 0.15) is 0 Å². The van der Waals surface area contributed by atoms with E-state index in [0.29, 0.717) is 66.8 Å². The Morgan fingerprint density at radius 1 is 0.328 bits per heavy atom. The smallest absolute Gasteiger partial charge is 0.408 e. The molecule has 1 N–H and O–H groups in total. The number of nitrogens with zero attached hydrogens (tertiary/aromatic N) is 1. The van der Waals surface area contributed by atoms with Gasteiger partial charge in [-0.25, -0.2) is 4.57 Å². The van der Waals surface area contributed by atoms with E-state index in [1.807, 2.05) is 176 Å². The molecule has 2 aliphatic rings. The molecule has 0 saturated heterocycles. The van der Waals surface area contributed by atoms with Crippen LogP contribution in [0.3, 0.4) is 0 Å². The molecular formula is C58H37NO6P2. The van der Waals surface area contributed by atoms with Gasteiger partial charge < -0.3 is 18.1 Å². The molecule has 0 aliphatic carbocycles. The summed E-state index contributed by atoms with van der Waals surface area (Å²) in [6.07, 6.45) is 0. The van der Waals surface area contributed by atoms with Gasteiger partial charge in [0.2, 0.25) is 0 Å². The van der Waals surface area contributed by atoms with Gasteiger partial charge in [0.05, 0.1) is 0 Å². The van der Waals surface area contributed by atoms with Crippen molar-refractivity contribution in [3.8, 4) is 78.6 Å². The Kier molecular flexibility index (Phi) is 9.03. The molecule has 11 aromatic rings. The summed E-state index contributed by atoms with van der Waals surface area (Å²) >= 11 is 0. The molecule has 13 rings (SSSR count). The van der Waals surface area contributed by atoms with Crippen molar-refractivity contribution < 1.29 is 27.6 Å². The molecule has 11 aromatic carbocycles. The van der Waals surface area contributed by atoms with Crippen LogP contribution in [-0.2, 0) is 4.57 Å². The van der Waals surface area contributed by atoms with Crippen LogP contribution < -0.4 is 18.1 Å². The Bertz CT molecular complexity index is 3800. The number of hydrogen-bond donors (Lipinski definition) is 1. The second-order valence-corrected chi connectivity index (χ2v) is 20.1. The molecule has 0 bridgehead atoms. The Morgan fingerprint density at radius 2 is 0.672 bits per heavy atom. The maximum atomic E-state index is 16.3. The van der Waals surface area contributed by atoms with E-state index in [4.69, 9.17) is 22.6 Å². The first kappa shape index (κ1) is 39.4. The molecule has 0 fully saturated rings. The van der Waals surface area contributed by atoms with Crippen LogP contribution in [0, 0.1) is 0 Å². The monoisotopic (exact) mass is 905 g/mol. The van der Waals surface area contributed by atoms with E-state index in [-0.39, 0.29) is 0 Å². The van der Waals surface area contributed by atoms with Crippen molar-refractivity contribution in [1.29, 1.82) is 0 Å². The third-order valence-corrected chi connectivity index (χ3v) is 16.2. The van der Waals surface area contributed by atoms with Crippen molar-refractivity contribution in [2.45, 2.75) is 0 Å². The lowest BCUT2D eigenvalue weighted by Gasteiger charge is -2.22. The molecule has 2 aliphatic heterocycles. The van der Waals surface area contributed by atoms with Gasteiger partial charge in [-0.15, -0.1) is 0 Å². The quantitative estimate of drug-likeness (QED) is 0.177. The molecule has 67 heavy (non-hydrogen) atoms. The zero-order chi connectivity index (χ0) is 44.7. The number of benzene rings is 11. The first-order valence-electron chi connectivity index (χ1n) is 22.0. The van der Waals surface area contributed by atoms with Crippen LogP contribution >= 0.6 is 15.5 Å². The molecule has 9 heteroatoms. The SMILES string of the molecule is O=P1(N=P2(O)Oc3c(c(-c4ccccc4)cc4ccccc34)-c3c(-c4ccccc4)cc4ccccc4c3O2)Oc2c(ccc3ccccc23)-c2c(-c3ccccc3)cc3ccccc3c2O1. The molecular weight excluding hydrogens is 869 g/mol. The van der Waals surface area contributed by atoms with Crippen molar-refractivity contribution in [2.75, 3.05) is 0 Å². The first-order valence-corrected chi connectivity index (χ1v) is 25.0. The van der Waals surface area contributed by atoms with Crippen LogP contribution in [-0.4, -0.2) is 4.89 Å². The van der Waals surface area contributed by atoms with Gasteiger partial charge in [0.1, 0.15) is 23.0 Å². The minimum atomic E-state index is -4.90. The summed E-state index contributed by atoms with van der Waals surface area (Å²) in [6, 6.07) is 72.0. The lowest BCUT2D eigenvalue weighted by molar-refractivity contribution is 0.363. The van der Waals surface area contributed by atoms with Gasteiger partial charge in [0, 0.05) is 43.8 Å². The highest BCUT2D eigenvalue weighted by Crippen LogP contribution is 2.70. The minimum Gasteiger partial charge on any atom is -0.408 e. The molecule has 1 unspecified atom stereocenters. The van der Waals surface area contributed by atoms with Crippen molar-refractivity contribution in [2.24, 2.45) is 4.52 Å². The lowest BCUT2D eigenvalue weighted by atomic mass is 9.84. The first-order chi connectivity index (χ1) is 32.9. The van der Waals surface area contributed by atoms with E-state index in [9.17, 15) is 4.89 Å². The summed E-state index contributed by atoms with van der Waals surface area (Å²) in [7, 11) is -9.66. The number of fused-ring (bicyclic) bond motifs is 14. The van der Waals surface area contributed by atoms with Gasteiger partial charge in [0.25, 0.3) is 0 Å². The minimum absolute atomic E-state index is 0.298.